The van der Waals surface area contributed by atoms with Crippen LogP contribution < -0.4 is 5.32 Å². The van der Waals surface area contributed by atoms with Crippen molar-refractivity contribution in [3.8, 4) is 6.07 Å². The minimum Gasteiger partial charge on any atom is -0.308 e. The van der Waals surface area contributed by atoms with Crippen molar-refractivity contribution in [2.45, 2.75) is 32.9 Å². The number of hydrogen-bond donors (Lipinski definition) is 1. The summed E-state index contributed by atoms with van der Waals surface area (Å²) in [6.07, 6.45) is 0.545. The van der Waals surface area contributed by atoms with E-state index < -0.39 is 0 Å². The summed E-state index contributed by atoms with van der Waals surface area (Å²) in [6.45, 7) is 4.75. The van der Waals surface area contributed by atoms with E-state index in [0.29, 0.717) is 6.42 Å². The van der Waals surface area contributed by atoms with Gasteiger partial charge in [0.2, 0.25) is 0 Å². The van der Waals surface area contributed by atoms with E-state index in [-0.39, 0.29) is 6.04 Å². The van der Waals surface area contributed by atoms with Gasteiger partial charge in [-0.1, -0.05) is 0 Å². The molecule has 1 aromatic rings. The number of rotatable bonds is 4. The highest BCUT2D eigenvalue weighted by atomic mass is 32.1. The first kappa shape index (κ1) is 10.2. The maximum atomic E-state index is 8.43. The Morgan fingerprint density at radius 2 is 2.54 bits per heavy atom. The van der Waals surface area contributed by atoms with Crippen molar-refractivity contribution in [1.82, 2.24) is 10.3 Å². The summed E-state index contributed by atoms with van der Waals surface area (Å²) in [5.41, 5.74) is 1.06. The minimum atomic E-state index is 0.243. The van der Waals surface area contributed by atoms with Gasteiger partial charge in [0.05, 0.1) is 23.2 Å². The van der Waals surface area contributed by atoms with Crippen LogP contribution in [0, 0.1) is 18.3 Å². The zero-order valence-electron chi connectivity index (χ0n) is 7.87. The van der Waals surface area contributed by atoms with Crippen LogP contribution in [0.15, 0.2) is 5.38 Å². The molecule has 1 rings (SSSR count). The largest absolute Gasteiger partial charge is 0.308 e. The van der Waals surface area contributed by atoms with Crippen LogP contribution in [0.25, 0.3) is 0 Å². The van der Waals surface area contributed by atoms with Gasteiger partial charge in [-0.15, -0.1) is 11.3 Å². The molecule has 0 radical (unpaired) electrons. The Hall–Kier alpha value is -0.920. The quantitative estimate of drug-likeness (QED) is 0.797. The van der Waals surface area contributed by atoms with E-state index in [9.17, 15) is 0 Å². The molecular weight excluding hydrogens is 182 g/mol. The number of nitrogens with zero attached hydrogens (tertiary/aromatic N) is 2. The predicted octanol–water partition coefficient (Wildman–Crippen LogP) is 1.84. The van der Waals surface area contributed by atoms with Gasteiger partial charge in [0.15, 0.2) is 0 Å². The Morgan fingerprint density at radius 3 is 3.08 bits per heavy atom. The van der Waals surface area contributed by atoms with Crippen LogP contribution in [0.3, 0.4) is 0 Å². The Bertz CT molecular complexity index is 300. The molecule has 1 heterocycles. The van der Waals surface area contributed by atoms with E-state index in [1.54, 1.807) is 11.3 Å². The first-order chi connectivity index (χ1) is 6.22. The standard InChI is InChI=1S/C9H13N3S/c1-7(3-4-10)11-5-9-6-13-8(2)12-9/h6-7,11H,3,5H2,1-2H3. The second-order valence-corrected chi connectivity index (χ2v) is 4.06. The van der Waals surface area contributed by atoms with Gasteiger partial charge in [-0.2, -0.15) is 5.26 Å². The van der Waals surface area contributed by atoms with Gasteiger partial charge < -0.3 is 5.32 Å². The van der Waals surface area contributed by atoms with Crippen LogP contribution in [0.4, 0.5) is 0 Å². The van der Waals surface area contributed by atoms with Gasteiger partial charge in [-0.25, -0.2) is 4.98 Å². The fourth-order valence-corrected chi connectivity index (χ4v) is 1.59. The van der Waals surface area contributed by atoms with Crippen LogP contribution >= 0.6 is 11.3 Å². The smallest absolute Gasteiger partial charge is 0.0897 e. The third-order valence-corrected chi connectivity index (χ3v) is 2.52. The number of aryl methyl sites for hydroxylation is 1. The molecule has 3 nitrogen and oxygen atoms in total. The SMILES string of the molecule is Cc1nc(CNC(C)CC#N)cs1. The molecular formula is C9H13N3S. The summed E-state index contributed by atoms with van der Waals surface area (Å²) >= 11 is 1.65. The summed E-state index contributed by atoms with van der Waals surface area (Å²) in [5, 5.41) is 14.8. The molecule has 0 saturated carbocycles. The normalized spacial score (nSPS) is 12.4. The van der Waals surface area contributed by atoms with Crippen molar-refractivity contribution in [3.05, 3.63) is 16.1 Å². The fourth-order valence-electron chi connectivity index (χ4n) is 0.977. The molecule has 0 bridgehead atoms. The van der Waals surface area contributed by atoms with Crippen molar-refractivity contribution < 1.29 is 0 Å². The molecule has 1 N–H and O–H groups in total. The van der Waals surface area contributed by atoms with Crippen LogP contribution in [-0.4, -0.2) is 11.0 Å². The number of nitriles is 1. The van der Waals surface area contributed by atoms with Crippen LogP contribution in [0.2, 0.25) is 0 Å². The van der Waals surface area contributed by atoms with Crippen molar-refractivity contribution in [1.29, 1.82) is 5.26 Å². The molecule has 0 aliphatic rings. The minimum absolute atomic E-state index is 0.243. The van der Waals surface area contributed by atoms with Gasteiger partial charge in [0, 0.05) is 18.0 Å². The van der Waals surface area contributed by atoms with Gasteiger partial charge in [-0.05, 0) is 13.8 Å². The molecule has 0 aliphatic heterocycles. The highest BCUT2D eigenvalue weighted by Crippen LogP contribution is 2.07. The number of nitrogens with one attached hydrogen (secondary N) is 1. The molecule has 4 heteroatoms. The Labute approximate surface area is 82.4 Å². The molecule has 0 aliphatic carbocycles. The lowest BCUT2D eigenvalue weighted by atomic mass is 10.2. The van der Waals surface area contributed by atoms with Gasteiger partial charge >= 0.3 is 0 Å². The van der Waals surface area contributed by atoms with Crippen molar-refractivity contribution in [2.24, 2.45) is 0 Å². The third kappa shape index (κ3) is 3.53. The van der Waals surface area contributed by atoms with Gasteiger partial charge in [0.25, 0.3) is 0 Å². The summed E-state index contributed by atoms with van der Waals surface area (Å²) < 4.78 is 0. The molecule has 13 heavy (non-hydrogen) atoms. The van der Waals surface area contributed by atoms with Gasteiger partial charge in [0.1, 0.15) is 0 Å². The summed E-state index contributed by atoms with van der Waals surface area (Å²) in [4.78, 5) is 4.32. The summed E-state index contributed by atoms with van der Waals surface area (Å²) in [7, 11) is 0. The van der Waals surface area contributed by atoms with E-state index in [0.717, 1.165) is 17.2 Å². The second kappa shape index (κ2) is 4.95. The topological polar surface area (TPSA) is 48.7 Å². The monoisotopic (exact) mass is 195 g/mol. The third-order valence-electron chi connectivity index (χ3n) is 1.70. The van der Waals surface area contributed by atoms with Crippen LogP contribution in [0.1, 0.15) is 24.0 Å². The maximum Gasteiger partial charge on any atom is 0.0897 e. The molecule has 0 spiro atoms. The molecule has 0 amide bonds. The number of thiazole rings is 1. The first-order valence-corrected chi connectivity index (χ1v) is 5.11. The molecule has 0 aromatic carbocycles. The highest BCUT2D eigenvalue weighted by molar-refractivity contribution is 7.09. The molecule has 1 aromatic heterocycles. The second-order valence-electron chi connectivity index (χ2n) is 3.00. The molecule has 1 unspecified atom stereocenters. The van der Waals surface area contributed by atoms with E-state index >= 15 is 0 Å². The molecule has 0 saturated heterocycles. The molecule has 70 valence electrons. The zero-order chi connectivity index (χ0) is 9.68. The van der Waals surface area contributed by atoms with Crippen molar-refractivity contribution in [3.63, 3.8) is 0 Å². The maximum absolute atomic E-state index is 8.43. The van der Waals surface area contributed by atoms with Crippen LogP contribution in [-0.2, 0) is 6.54 Å². The fraction of sp³-hybridized carbons (Fsp3) is 0.556. The zero-order valence-corrected chi connectivity index (χ0v) is 8.69. The predicted molar refractivity (Wildman–Crippen MR) is 53.4 cm³/mol. The lowest BCUT2D eigenvalue weighted by Crippen LogP contribution is -2.24. The summed E-state index contributed by atoms with van der Waals surface area (Å²) in [5.74, 6) is 0. The lowest BCUT2D eigenvalue weighted by Gasteiger charge is -2.07. The number of hydrogen-bond acceptors (Lipinski definition) is 4. The van der Waals surface area contributed by atoms with E-state index in [1.165, 1.54) is 0 Å². The highest BCUT2D eigenvalue weighted by Gasteiger charge is 2.02. The average Bonchev–Trinajstić information content (AvgIpc) is 2.49. The summed E-state index contributed by atoms with van der Waals surface area (Å²) in [6, 6.07) is 2.37. The van der Waals surface area contributed by atoms with Crippen molar-refractivity contribution in [2.75, 3.05) is 0 Å². The van der Waals surface area contributed by atoms with Gasteiger partial charge in [-0.3, -0.25) is 0 Å². The molecule has 0 fully saturated rings. The Balaban J connectivity index is 2.31. The van der Waals surface area contributed by atoms with Crippen LogP contribution in [0.5, 0.6) is 0 Å². The lowest BCUT2D eigenvalue weighted by molar-refractivity contribution is 0.552. The average molecular weight is 195 g/mol. The molecule has 1 atom stereocenters. The Morgan fingerprint density at radius 1 is 1.77 bits per heavy atom. The number of aromatic nitrogens is 1. The van der Waals surface area contributed by atoms with E-state index in [2.05, 4.69) is 16.4 Å². The first-order valence-electron chi connectivity index (χ1n) is 4.23. The van der Waals surface area contributed by atoms with Crippen molar-refractivity contribution >= 4 is 11.3 Å². The Kier molecular flexibility index (Phi) is 3.87. The van der Waals surface area contributed by atoms with E-state index in [1.807, 2.05) is 19.2 Å². The van der Waals surface area contributed by atoms with E-state index in [4.69, 9.17) is 5.26 Å².